The molecule has 5 rings (SSSR count). The van der Waals surface area contributed by atoms with E-state index in [9.17, 15) is 4.79 Å². The summed E-state index contributed by atoms with van der Waals surface area (Å²) in [7, 11) is 4.72. The fraction of sp³-hybridized carbons (Fsp3) is 0.409. The Bertz CT molecular complexity index is 996. The number of fused-ring (bicyclic) bond motifs is 3. The first-order valence-corrected chi connectivity index (χ1v) is 10.5. The van der Waals surface area contributed by atoms with Gasteiger partial charge in [-0.2, -0.15) is 0 Å². The SMILES string of the molecule is COc1cc([C@@H]2c3cc4c(cc3[C@H](Br)[C@H]3COC(=O)[C@H]23)OCO4)cc(OC)c1OC. The van der Waals surface area contributed by atoms with Gasteiger partial charge in [-0.3, -0.25) is 4.79 Å². The van der Waals surface area contributed by atoms with Crippen LogP contribution in [0.3, 0.4) is 0 Å². The van der Waals surface area contributed by atoms with Gasteiger partial charge in [0.1, 0.15) is 0 Å². The van der Waals surface area contributed by atoms with Crippen molar-refractivity contribution in [3.05, 3.63) is 41.0 Å². The number of benzene rings is 2. The van der Waals surface area contributed by atoms with Gasteiger partial charge in [-0.05, 0) is 41.0 Å². The quantitative estimate of drug-likeness (QED) is 0.490. The third kappa shape index (κ3) is 2.73. The van der Waals surface area contributed by atoms with Crippen LogP contribution < -0.4 is 23.7 Å². The number of hydrogen-bond acceptors (Lipinski definition) is 7. The Balaban J connectivity index is 1.74. The second kappa shape index (κ2) is 7.27. The minimum absolute atomic E-state index is 0.00513. The van der Waals surface area contributed by atoms with E-state index in [-0.39, 0.29) is 35.3 Å². The van der Waals surface area contributed by atoms with Crippen molar-refractivity contribution in [2.45, 2.75) is 10.7 Å². The van der Waals surface area contributed by atoms with Crippen LogP contribution in [0.2, 0.25) is 0 Å². The molecule has 1 saturated heterocycles. The van der Waals surface area contributed by atoms with E-state index in [4.69, 9.17) is 28.4 Å². The molecular weight excluding hydrogens is 456 g/mol. The lowest BCUT2D eigenvalue weighted by Gasteiger charge is -2.37. The van der Waals surface area contributed by atoms with Gasteiger partial charge in [0.25, 0.3) is 0 Å². The third-order valence-corrected chi connectivity index (χ3v) is 7.32. The lowest BCUT2D eigenvalue weighted by Crippen LogP contribution is -2.32. The highest BCUT2D eigenvalue weighted by molar-refractivity contribution is 9.09. The summed E-state index contributed by atoms with van der Waals surface area (Å²) in [5, 5.41) is 0. The molecule has 1 aliphatic carbocycles. The van der Waals surface area contributed by atoms with Crippen molar-refractivity contribution >= 4 is 21.9 Å². The van der Waals surface area contributed by atoms with E-state index in [2.05, 4.69) is 15.9 Å². The monoisotopic (exact) mass is 476 g/mol. The number of halogens is 1. The van der Waals surface area contributed by atoms with Gasteiger partial charge in [0.05, 0.1) is 33.9 Å². The van der Waals surface area contributed by atoms with Crippen molar-refractivity contribution in [1.82, 2.24) is 0 Å². The Morgan fingerprint density at radius 2 is 1.53 bits per heavy atom. The van der Waals surface area contributed by atoms with Crippen molar-refractivity contribution in [3.63, 3.8) is 0 Å². The number of carbonyl (C=O) groups excluding carboxylic acids is 1. The molecule has 0 amide bonds. The van der Waals surface area contributed by atoms with Gasteiger partial charge in [-0.15, -0.1) is 0 Å². The minimum atomic E-state index is -0.343. The van der Waals surface area contributed by atoms with E-state index >= 15 is 0 Å². The highest BCUT2D eigenvalue weighted by Gasteiger charge is 2.52. The maximum atomic E-state index is 12.8. The molecule has 3 aliphatic rings. The van der Waals surface area contributed by atoms with Crippen LogP contribution in [0, 0.1) is 11.8 Å². The largest absolute Gasteiger partial charge is 0.493 e. The molecule has 2 aromatic carbocycles. The minimum Gasteiger partial charge on any atom is -0.493 e. The molecule has 8 heteroatoms. The van der Waals surface area contributed by atoms with Gasteiger partial charge in [0.15, 0.2) is 23.0 Å². The Hall–Kier alpha value is -2.61. The Labute approximate surface area is 182 Å². The van der Waals surface area contributed by atoms with E-state index in [1.54, 1.807) is 21.3 Å². The zero-order valence-electron chi connectivity index (χ0n) is 16.8. The van der Waals surface area contributed by atoms with Crippen LogP contribution in [0.1, 0.15) is 27.4 Å². The standard InChI is InChI=1S/C22H21BrO7/c1-25-16-4-10(5-17(26-2)21(16)27-3)18-11-6-14-15(30-9-29-14)7-12(11)20(23)13-8-28-22(24)19(13)18/h4-7,13,18-20H,8-9H2,1-3H3/t13-,18+,19-,20-/m0/s1. The molecule has 0 N–H and O–H groups in total. The molecule has 1 fully saturated rings. The molecule has 158 valence electrons. The summed E-state index contributed by atoms with van der Waals surface area (Å²) in [6.45, 7) is 0.559. The number of rotatable bonds is 4. The molecule has 2 aromatic rings. The van der Waals surface area contributed by atoms with E-state index in [1.807, 2.05) is 24.3 Å². The van der Waals surface area contributed by atoms with Gasteiger partial charge in [0.2, 0.25) is 12.5 Å². The zero-order chi connectivity index (χ0) is 21.0. The zero-order valence-corrected chi connectivity index (χ0v) is 18.4. The number of carbonyl (C=O) groups is 1. The number of hydrogen-bond donors (Lipinski definition) is 0. The summed E-state index contributed by atoms with van der Waals surface area (Å²) in [6, 6.07) is 7.78. The third-order valence-electron chi connectivity index (χ3n) is 6.14. The average molecular weight is 477 g/mol. The van der Waals surface area contributed by atoms with Crippen LogP contribution in [0.5, 0.6) is 28.7 Å². The van der Waals surface area contributed by atoms with Crippen molar-refractivity contribution in [2.24, 2.45) is 11.8 Å². The van der Waals surface area contributed by atoms with Gasteiger partial charge >= 0.3 is 5.97 Å². The van der Waals surface area contributed by atoms with Crippen molar-refractivity contribution in [3.8, 4) is 28.7 Å². The van der Waals surface area contributed by atoms with Crippen molar-refractivity contribution in [1.29, 1.82) is 0 Å². The Morgan fingerprint density at radius 1 is 0.900 bits per heavy atom. The first-order chi connectivity index (χ1) is 14.6. The van der Waals surface area contributed by atoms with E-state index in [0.29, 0.717) is 35.4 Å². The van der Waals surface area contributed by atoms with Gasteiger partial charge in [-0.1, -0.05) is 15.9 Å². The summed E-state index contributed by atoms with van der Waals surface area (Å²) in [6.07, 6.45) is 0. The molecule has 30 heavy (non-hydrogen) atoms. The predicted molar refractivity (Wildman–Crippen MR) is 110 cm³/mol. The molecule has 0 bridgehead atoms. The summed E-state index contributed by atoms with van der Waals surface area (Å²) < 4.78 is 33.3. The molecule has 2 heterocycles. The number of esters is 1. The smallest absolute Gasteiger partial charge is 0.310 e. The van der Waals surface area contributed by atoms with Crippen LogP contribution in [0.15, 0.2) is 24.3 Å². The average Bonchev–Trinajstić information content (AvgIpc) is 3.38. The Morgan fingerprint density at radius 3 is 2.13 bits per heavy atom. The number of ether oxygens (including phenoxy) is 6. The first-order valence-electron chi connectivity index (χ1n) is 9.61. The summed E-state index contributed by atoms with van der Waals surface area (Å²) in [4.78, 5) is 12.8. The molecule has 0 saturated carbocycles. The molecule has 0 spiro atoms. The number of methoxy groups -OCH3 is 3. The Kier molecular flexibility index (Phi) is 4.69. The topological polar surface area (TPSA) is 72.5 Å². The van der Waals surface area contributed by atoms with Crippen LogP contribution in [0.4, 0.5) is 0 Å². The molecule has 4 atom stereocenters. The summed E-state index contributed by atoms with van der Waals surface area (Å²) in [5.41, 5.74) is 2.95. The molecule has 0 aromatic heterocycles. The fourth-order valence-electron chi connectivity index (χ4n) is 4.78. The normalized spacial score (nSPS) is 25.9. The second-order valence-electron chi connectivity index (χ2n) is 7.49. The summed E-state index contributed by atoms with van der Waals surface area (Å²) >= 11 is 3.81. The highest BCUT2D eigenvalue weighted by Crippen LogP contribution is 2.57. The van der Waals surface area contributed by atoms with Crippen LogP contribution in [0.25, 0.3) is 0 Å². The molecule has 2 aliphatic heterocycles. The fourth-order valence-corrected chi connectivity index (χ4v) is 5.65. The second-order valence-corrected chi connectivity index (χ2v) is 8.48. The molecule has 7 nitrogen and oxygen atoms in total. The van der Waals surface area contributed by atoms with Crippen LogP contribution in [-0.4, -0.2) is 40.7 Å². The molecule has 0 unspecified atom stereocenters. The lowest BCUT2D eigenvalue weighted by molar-refractivity contribution is -0.141. The van der Waals surface area contributed by atoms with Crippen molar-refractivity contribution < 1.29 is 33.2 Å². The van der Waals surface area contributed by atoms with Gasteiger partial charge in [0, 0.05) is 16.7 Å². The molecular formula is C22H21BrO7. The van der Waals surface area contributed by atoms with E-state index in [1.165, 1.54) is 0 Å². The molecule has 0 radical (unpaired) electrons. The maximum absolute atomic E-state index is 12.8. The maximum Gasteiger partial charge on any atom is 0.310 e. The number of cyclic esters (lactones) is 1. The predicted octanol–water partition coefficient (Wildman–Crippen LogP) is 3.81. The number of alkyl halides is 1. The van der Waals surface area contributed by atoms with Gasteiger partial charge in [-0.25, -0.2) is 0 Å². The van der Waals surface area contributed by atoms with Crippen molar-refractivity contribution in [2.75, 3.05) is 34.7 Å². The lowest BCUT2D eigenvalue weighted by atomic mass is 9.67. The van der Waals surface area contributed by atoms with Crippen LogP contribution in [-0.2, 0) is 9.53 Å². The highest BCUT2D eigenvalue weighted by atomic mass is 79.9. The van der Waals surface area contributed by atoms with Gasteiger partial charge < -0.3 is 28.4 Å². The first kappa shape index (κ1) is 19.4. The van der Waals surface area contributed by atoms with E-state index in [0.717, 1.165) is 16.7 Å². The van der Waals surface area contributed by atoms with E-state index < -0.39 is 0 Å². The van der Waals surface area contributed by atoms with Crippen LogP contribution >= 0.6 is 15.9 Å². The summed E-state index contributed by atoms with van der Waals surface area (Å²) in [5.74, 6) is 2.18.